The fourth-order valence-electron chi connectivity index (χ4n) is 3.52. The second-order valence-corrected chi connectivity index (χ2v) is 7.10. The molecule has 31 heavy (non-hydrogen) atoms. The first-order valence-corrected chi connectivity index (χ1v) is 10.0. The van der Waals surface area contributed by atoms with Gasteiger partial charge >= 0.3 is 0 Å². The molecular weight excluding hydrogens is 386 g/mol. The summed E-state index contributed by atoms with van der Waals surface area (Å²) in [6.45, 7) is 0.803. The van der Waals surface area contributed by atoms with Crippen molar-refractivity contribution in [3.8, 4) is 22.8 Å². The normalized spacial score (nSPS) is 12.0. The first-order chi connectivity index (χ1) is 15.2. The Morgan fingerprint density at radius 3 is 2.23 bits per heavy atom. The van der Waals surface area contributed by atoms with Crippen molar-refractivity contribution in [1.29, 1.82) is 0 Å². The Morgan fingerprint density at radius 1 is 0.839 bits per heavy atom. The maximum atomic E-state index is 5.73. The van der Waals surface area contributed by atoms with Crippen LogP contribution in [0.4, 0.5) is 5.69 Å². The first-order valence-electron chi connectivity index (χ1n) is 10.0. The van der Waals surface area contributed by atoms with Crippen LogP contribution >= 0.6 is 0 Å². The van der Waals surface area contributed by atoms with Gasteiger partial charge < -0.3 is 14.5 Å². The predicted molar refractivity (Wildman–Crippen MR) is 127 cm³/mol. The zero-order valence-electron chi connectivity index (χ0n) is 17.7. The van der Waals surface area contributed by atoms with Gasteiger partial charge in [0.2, 0.25) is 0 Å². The van der Waals surface area contributed by atoms with Crippen LogP contribution in [-0.2, 0) is 0 Å². The van der Waals surface area contributed by atoms with Gasteiger partial charge in [-0.25, -0.2) is 5.84 Å². The van der Waals surface area contributed by atoms with Crippen molar-refractivity contribution in [2.24, 2.45) is 5.84 Å². The second kappa shape index (κ2) is 9.32. The van der Waals surface area contributed by atoms with Gasteiger partial charge in [0.15, 0.2) is 11.5 Å². The third kappa shape index (κ3) is 4.52. The van der Waals surface area contributed by atoms with Gasteiger partial charge in [-0.05, 0) is 35.2 Å². The number of aromatic nitrogens is 1. The average Bonchev–Trinajstić information content (AvgIpc) is 2.84. The maximum absolute atomic E-state index is 5.73. The van der Waals surface area contributed by atoms with E-state index in [0.29, 0.717) is 5.75 Å². The summed E-state index contributed by atoms with van der Waals surface area (Å²) < 4.78 is 10.7. The monoisotopic (exact) mass is 411 g/mol. The van der Waals surface area contributed by atoms with E-state index >= 15 is 0 Å². The summed E-state index contributed by atoms with van der Waals surface area (Å²) >= 11 is 0. The minimum Gasteiger partial charge on any atom is -0.493 e. The molecule has 0 amide bonds. The number of benzene rings is 3. The number of methoxy groups -OCH3 is 2. The Hall–Kier alpha value is -3.83. The molecule has 0 saturated carbocycles. The van der Waals surface area contributed by atoms with E-state index in [-0.39, 0.29) is 0 Å². The summed E-state index contributed by atoms with van der Waals surface area (Å²) in [5.74, 6) is 7.17. The fourth-order valence-corrected chi connectivity index (χ4v) is 3.52. The molecule has 5 heteroatoms. The van der Waals surface area contributed by atoms with Gasteiger partial charge in [-0.15, -0.1) is 0 Å². The van der Waals surface area contributed by atoms with E-state index in [9.17, 15) is 0 Å². The lowest BCUT2D eigenvalue weighted by Gasteiger charge is -2.22. The van der Waals surface area contributed by atoms with Crippen LogP contribution in [0.25, 0.3) is 28.1 Å². The van der Waals surface area contributed by atoms with Gasteiger partial charge in [0.1, 0.15) is 0 Å². The minimum absolute atomic E-state index is 0.717. The minimum atomic E-state index is 0.717. The number of para-hydroxylation sites is 1. The second-order valence-electron chi connectivity index (χ2n) is 7.10. The molecule has 0 bridgehead atoms. The molecule has 0 fully saturated rings. The zero-order valence-corrected chi connectivity index (χ0v) is 17.7. The summed E-state index contributed by atoms with van der Waals surface area (Å²) in [4.78, 5) is 4.51. The molecular formula is C26H25N3O2. The number of nitrogens with zero attached hydrogens (tertiary/aromatic N) is 2. The number of hydrazine groups is 1. The molecule has 5 nitrogen and oxygen atoms in total. The van der Waals surface area contributed by atoms with E-state index in [1.165, 1.54) is 5.56 Å². The van der Waals surface area contributed by atoms with E-state index in [4.69, 9.17) is 15.3 Å². The Kier molecular flexibility index (Phi) is 6.15. The smallest absolute Gasteiger partial charge is 0.161 e. The molecule has 0 atom stereocenters. The van der Waals surface area contributed by atoms with Crippen LogP contribution in [0.2, 0.25) is 0 Å². The van der Waals surface area contributed by atoms with E-state index in [2.05, 4.69) is 41.4 Å². The van der Waals surface area contributed by atoms with Crippen LogP contribution in [0, 0.1) is 0 Å². The van der Waals surface area contributed by atoms with Gasteiger partial charge in [-0.1, -0.05) is 60.7 Å². The number of anilines is 1. The summed E-state index contributed by atoms with van der Waals surface area (Å²) in [6.07, 6.45) is 6.01. The number of ether oxygens (including phenoxy) is 2. The molecule has 1 aliphatic rings. The van der Waals surface area contributed by atoms with Crippen LogP contribution < -0.4 is 20.3 Å². The lowest BCUT2D eigenvalue weighted by atomic mass is 10.1. The van der Waals surface area contributed by atoms with Crippen molar-refractivity contribution in [2.75, 3.05) is 25.8 Å². The van der Waals surface area contributed by atoms with E-state index in [1.54, 1.807) is 19.2 Å². The number of fused-ring (bicyclic) bond motifs is 2. The van der Waals surface area contributed by atoms with Crippen LogP contribution in [0.1, 0.15) is 5.56 Å². The topological polar surface area (TPSA) is 60.6 Å². The third-order valence-corrected chi connectivity index (χ3v) is 5.14. The Bertz CT molecular complexity index is 1210. The predicted octanol–water partition coefficient (Wildman–Crippen LogP) is 5.31. The lowest BCUT2D eigenvalue weighted by Crippen LogP contribution is -2.32. The third-order valence-electron chi connectivity index (χ3n) is 5.14. The van der Waals surface area contributed by atoms with E-state index in [1.807, 2.05) is 54.7 Å². The first kappa shape index (κ1) is 20.4. The number of nitrogens with two attached hydrogens (primary N) is 1. The average molecular weight is 412 g/mol. The van der Waals surface area contributed by atoms with Gasteiger partial charge in [0, 0.05) is 17.1 Å². The van der Waals surface area contributed by atoms with Crippen molar-refractivity contribution in [3.05, 3.63) is 90.6 Å². The molecule has 0 radical (unpaired) electrons. The van der Waals surface area contributed by atoms with Gasteiger partial charge in [0.25, 0.3) is 0 Å². The molecule has 0 aliphatic carbocycles. The number of hydrogen-bond donors (Lipinski definition) is 1. The van der Waals surface area contributed by atoms with Gasteiger partial charge in [-0.2, -0.15) is 0 Å². The SMILES string of the molecule is COc1cc2cnc(-c3ccccc3)cc2cc1OC.NN1CC=Cc2ccccc21. The summed E-state index contributed by atoms with van der Waals surface area (Å²) in [7, 11) is 3.28. The summed E-state index contributed by atoms with van der Waals surface area (Å²) in [6, 6.07) is 24.2. The Morgan fingerprint density at radius 2 is 1.52 bits per heavy atom. The number of hydrogen-bond acceptors (Lipinski definition) is 5. The molecule has 1 aliphatic heterocycles. The highest BCUT2D eigenvalue weighted by atomic mass is 16.5. The van der Waals surface area contributed by atoms with Crippen molar-refractivity contribution in [3.63, 3.8) is 0 Å². The molecule has 3 aromatic carbocycles. The highest BCUT2D eigenvalue weighted by Gasteiger charge is 2.08. The molecule has 4 aromatic rings. The fraction of sp³-hybridized carbons (Fsp3) is 0.115. The van der Waals surface area contributed by atoms with Crippen LogP contribution in [0.15, 0.2) is 85.1 Å². The zero-order chi connectivity index (χ0) is 21.6. The number of pyridine rings is 1. The largest absolute Gasteiger partial charge is 0.493 e. The van der Waals surface area contributed by atoms with Crippen LogP contribution in [0.3, 0.4) is 0 Å². The standard InChI is InChI=1S/C17H15NO2.C9H10N2/c1-19-16-9-13-8-15(12-6-4-3-5-7-12)18-11-14(13)10-17(16)20-2;10-11-7-3-5-8-4-1-2-6-9(8)11/h3-11H,1-2H3;1-6H,7,10H2. The quantitative estimate of drug-likeness (QED) is 0.463. The Balaban J connectivity index is 0.000000177. The molecule has 2 N–H and O–H groups in total. The van der Waals surface area contributed by atoms with E-state index in [0.717, 1.165) is 40.0 Å². The molecule has 1 aromatic heterocycles. The van der Waals surface area contributed by atoms with Crippen molar-refractivity contribution in [1.82, 2.24) is 4.98 Å². The van der Waals surface area contributed by atoms with Crippen LogP contribution in [0.5, 0.6) is 11.5 Å². The highest BCUT2D eigenvalue weighted by molar-refractivity contribution is 5.88. The Labute approximate surface area is 182 Å². The van der Waals surface area contributed by atoms with E-state index < -0.39 is 0 Å². The summed E-state index contributed by atoms with van der Waals surface area (Å²) in [5.41, 5.74) is 4.35. The van der Waals surface area contributed by atoms with Crippen LogP contribution in [-0.4, -0.2) is 25.7 Å². The maximum Gasteiger partial charge on any atom is 0.161 e. The van der Waals surface area contributed by atoms with Crippen molar-refractivity contribution < 1.29 is 9.47 Å². The molecule has 0 unspecified atom stereocenters. The molecule has 0 saturated heterocycles. The molecule has 2 heterocycles. The molecule has 156 valence electrons. The van der Waals surface area contributed by atoms with Gasteiger partial charge in [0.05, 0.1) is 32.1 Å². The number of rotatable bonds is 3. The molecule has 5 rings (SSSR count). The summed E-state index contributed by atoms with van der Waals surface area (Å²) in [5, 5.41) is 3.86. The van der Waals surface area contributed by atoms with Crippen molar-refractivity contribution >= 4 is 22.5 Å². The van der Waals surface area contributed by atoms with Crippen molar-refractivity contribution in [2.45, 2.75) is 0 Å². The lowest BCUT2D eigenvalue weighted by molar-refractivity contribution is 0.356. The highest BCUT2D eigenvalue weighted by Crippen LogP contribution is 2.33. The molecule has 0 spiro atoms. The van der Waals surface area contributed by atoms with Gasteiger partial charge in [-0.3, -0.25) is 4.98 Å².